The van der Waals surface area contributed by atoms with Gasteiger partial charge >= 0.3 is 0 Å². The number of benzene rings is 2. The molecule has 0 unspecified atom stereocenters. The van der Waals surface area contributed by atoms with Crippen molar-refractivity contribution in [1.82, 2.24) is 4.90 Å². The van der Waals surface area contributed by atoms with Gasteiger partial charge in [-0.05, 0) is 49.9 Å². The van der Waals surface area contributed by atoms with Gasteiger partial charge in [-0.1, -0.05) is 52.3 Å². The molecule has 1 N–H and O–H groups in total. The minimum absolute atomic E-state index is 0.238. The number of hydrogen-bond donors (Lipinski definition) is 1. The summed E-state index contributed by atoms with van der Waals surface area (Å²) < 4.78 is 1.18. The van der Waals surface area contributed by atoms with Gasteiger partial charge in [0.15, 0.2) is 5.78 Å². The number of piperidine rings is 1. The molecule has 0 amide bonds. The third-order valence-electron chi connectivity index (χ3n) is 5.20. The maximum atomic E-state index is 12.4. The second-order valence-electron chi connectivity index (χ2n) is 6.81. The maximum Gasteiger partial charge on any atom is 0.155 e. The van der Waals surface area contributed by atoms with Crippen molar-refractivity contribution < 1.29 is 4.79 Å². The van der Waals surface area contributed by atoms with Crippen LogP contribution in [0.1, 0.15) is 25.3 Å². The van der Waals surface area contributed by atoms with Crippen LogP contribution < -0.4 is 5.32 Å². The lowest BCUT2D eigenvalue weighted by Crippen LogP contribution is -2.53. The van der Waals surface area contributed by atoms with Crippen LogP contribution in [0.4, 0.5) is 5.69 Å². The number of anilines is 1. The monoisotopic (exact) mass is 400 g/mol. The number of Topliss-reactive ketones (excluding diaryl/α,β-unsaturated/α-hetero) is 1. The van der Waals surface area contributed by atoms with Gasteiger partial charge in [-0.15, -0.1) is 0 Å². The summed E-state index contributed by atoms with van der Waals surface area (Å²) in [5, 5.41) is 3.51. The fraction of sp³-hybridized carbons (Fsp3) is 0.381. The van der Waals surface area contributed by atoms with Gasteiger partial charge in [-0.25, -0.2) is 0 Å². The molecule has 4 heteroatoms. The minimum atomic E-state index is -0.425. The van der Waals surface area contributed by atoms with Crippen LogP contribution in [0.15, 0.2) is 59.1 Å². The van der Waals surface area contributed by atoms with Crippen molar-refractivity contribution in [3.63, 3.8) is 0 Å². The van der Waals surface area contributed by atoms with E-state index in [0.717, 1.165) is 44.6 Å². The highest BCUT2D eigenvalue weighted by Crippen LogP contribution is 2.28. The van der Waals surface area contributed by atoms with E-state index in [-0.39, 0.29) is 5.78 Å². The average molecular weight is 401 g/mol. The van der Waals surface area contributed by atoms with E-state index in [9.17, 15) is 4.79 Å². The number of halogens is 1. The first-order chi connectivity index (χ1) is 12.1. The van der Waals surface area contributed by atoms with Gasteiger partial charge in [0.1, 0.15) is 0 Å². The highest BCUT2D eigenvalue weighted by Gasteiger charge is 2.38. The van der Waals surface area contributed by atoms with Crippen LogP contribution in [0.3, 0.4) is 0 Å². The Morgan fingerprint density at radius 3 is 2.36 bits per heavy atom. The van der Waals surface area contributed by atoms with Crippen LogP contribution in [0.25, 0.3) is 0 Å². The van der Waals surface area contributed by atoms with E-state index >= 15 is 0 Å². The molecule has 0 bridgehead atoms. The number of para-hydroxylation sites is 1. The third kappa shape index (κ3) is 4.50. The van der Waals surface area contributed by atoms with E-state index in [0.29, 0.717) is 0 Å². The van der Waals surface area contributed by atoms with Gasteiger partial charge in [0.2, 0.25) is 0 Å². The number of hydrogen-bond acceptors (Lipinski definition) is 3. The first kappa shape index (κ1) is 18.2. The van der Waals surface area contributed by atoms with Crippen LogP contribution >= 0.6 is 15.9 Å². The molecule has 0 saturated carbocycles. The zero-order chi connectivity index (χ0) is 17.7. The Kier molecular flexibility index (Phi) is 5.92. The Labute approximate surface area is 158 Å². The second kappa shape index (κ2) is 8.15. The van der Waals surface area contributed by atoms with Crippen molar-refractivity contribution in [3.05, 3.63) is 64.6 Å². The summed E-state index contributed by atoms with van der Waals surface area (Å²) >= 11 is 3.62. The Morgan fingerprint density at radius 1 is 1.08 bits per heavy atom. The molecule has 0 aliphatic carbocycles. The van der Waals surface area contributed by atoms with Crippen LogP contribution in [0, 0.1) is 0 Å². The molecule has 2 aromatic carbocycles. The molecule has 0 aromatic heterocycles. The highest BCUT2D eigenvalue weighted by atomic mass is 79.9. The molecule has 3 nitrogen and oxygen atoms in total. The van der Waals surface area contributed by atoms with Crippen LogP contribution in [0.2, 0.25) is 0 Å². The van der Waals surface area contributed by atoms with Crippen molar-refractivity contribution in [2.24, 2.45) is 0 Å². The number of ketones is 1. The molecule has 2 aromatic rings. The molecule has 0 radical (unpaired) electrons. The van der Waals surface area contributed by atoms with Crippen molar-refractivity contribution in [2.75, 3.05) is 25.0 Å². The normalized spacial score (nSPS) is 17.2. The summed E-state index contributed by atoms with van der Waals surface area (Å²) in [6.45, 7) is 4.64. The fourth-order valence-electron chi connectivity index (χ4n) is 3.50. The predicted octanol–water partition coefficient (Wildman–Crippen LogP) is 4.53. The van der Waals surface area contributed by atoms with Crippen molar-refractivity contribution in [2.45, 2.75) is 31.7 Å². The largest absolute Gasteiger partial charge is 0.373 e. The van der Waals surface area contributed by atoms with E-state index in [1.54, 1.807) is 6.92 Å². The van der Waals surface area contributed by atoms with Crippen molar-refractivity contribution in [3.8, 4) is 0 Å². The molecule has 1 heterocycles. The molecule has 1 aliphatic rings. The highest BCUT2D eigenvalue weighted by molar-refractivity contribution is 9.10. The summed E-state index contributed by atoms with van der Waals surface area (Å²) in [7, 11) is 0. The van der Waals surface area contributed by atoms with Crippen LogP contribution in [0.5, 0.6) is 0 Å². The molecule has 3 rings (SSSR count). The van der Waals surface area contributed by atoms with E-state index < -0.39 is 5.54 Å². The quantitative estimate of drug-likeness (QED) is 0.772. The van der Waals surface area contributed by atoms with Gasteiger partial charge < -0.3 is 10.2 Å². The summed E-state index contributed by atoms with van der Waals surface area (Å²) in [4.78, 5) is 14.8. The summed E-state index contributed by atoms with van der Waals surface area (Å²) in [5.41, 5.74) is 1.94. The number of carbonyl (C=O) groups excluding carboxylic acids is 1. The van der Waals surface area contributed by atoms with Crippen LogP contribution in [-0.4, -0.2) is 35.9 Å². The predicted molar refractivity (Wildman–Crippen MR) is 107 cm³/mol. The smallest absolute Gasteiger partial charge is 0.155 e. The standard InChI is InChI=1S/C21H25BrN2O/c1-17(25)21(23-19-8-3-2-4-9-19)12-15-24(16-13-21)14-11-18-7-5-6-10-20(18)22/h2-10,23H,11-16H2,1H3. The van der Waals surface area contributed by atoms with Gasteiger partial charge in [0, 0.05) is 29.8 Å². The minimum Gasteiger partial charge on any atom is -0.373 e. The average Bonchev–Trinajstić information content (AvgIpc) is 2.63. The van der Waals surface area contributed by atoms with Crippen molar-refractivity contribution >= 4 is 27.4 Å². The zero-order valence-electron chi connectivity index (χ0n) is 14.7. The number of nitrogens with one attached hydrogen (secondary N) is 1. The second-order valence-corrected chi connectivity index (χ2v) is 7.67. The molecular weight excluding hydrogens is 376 g/mol. The molecule has 1 fully saturated rings. The Balaban J connectivity index is 1.59. The number of carbonyl (C=O) groups is 1. The van der Waals surface area contributed by atoms with E-state index in [1.165, 1.54) is 10.0 Å². The first-order valence-electron chi connectivity index (χ1n) is 8.89. The topological polar surface area (TPSA) is 32.3 Å². The molecule has 25 heavy (non-hydrogen) atoms. The lowest BCUT2D eigenvalue weighted by molar-refractivity contribution is -0.122. The molecule has 1 aliphatic heterocycles. The molecule has 132 valence electrons. The van der Waals surface area contributed by atoms with E-state index in [2.05, 4.69) is 44.3 Å². The molecular formula is C21H25BrN2O. The third-order valence-corrected chi connectivity index (χ3v) is 5.97. The van der Waals surface area contributed by atoms with Gasteiger partial charge in [-0.3, -0.25) is 4.79 Å². The Morgan fingerprint density at radius 2 is 1.72 bits per heavy atom. The van der Waals surface area contributed by atoms with Gasteiger partial charge in [0.25, 0.3) is 0 Å². The fourth-order valence-corrected chi connectivity index (χ4v) is 3.98. The lowest BCUT2D eigenvalue weighted by atomic mass is 9.83. The summed E-state index contributed by atoms with van der Waals surface area (Å²) in [6, 6.07) is 18.5. The zero-order valence-corrected chi connectivity index (χ0v) is 16.3. The van der Waals surface area contributed by atoms with E-state index in [4.69, 9.17) is 0 Å². The number of likely N-dealkylation sites (tertiary alicyclic amines) is 1. The molecule has 1 saturated heterocycles. The van der Waals surface area contributed by atoms with Crippen LogP contribution in [-0.2, 0) is 11.2 Å². The van der Waals surface area contributed by atoms with E-state index in [1.807, 2.05) is 36.4 Å². The van der Waals surface area contributed by atoms with Gasteiger partial charge in [-0.2, -0.15) is 0 Å². The number of rotatable bonds is 6. The maximum absolute atomic E-state index is 12.4. The Bertz CT molecular complexity index is 709. The van der Waals surface area contributed by atoms with Gasteiger partial charge in [0.05, 0.1) is 5.54 Å². The lowest BCUT2D eigenvalue weighted by Gasteiger charge is -2.41. The summed E-state index contributed by atoms with van der Waals surface area (Å²) in [5.74, 6) is 0.238. The molecule has 0 spiro atoms. The first-order valence-corrected chi connectivity index (χ1v) is 9.68. The Hall–Kier alpha value is -1.65. The molecule has 0 atom stereocenters. The SMILES string of the molecule is CC(=O)C1(Nc2ccccc2)CCN(CCc2ccccc2Br)CC1. The van der Waals surface area contributed by atoms with Crippen molar-refractivity contribution in [1.29, 1.82) is 0 Å². The number of nitrogens with zero attached hydrogens (tertiary/aromatic N) is 1. The summed E-state index contributed by atoms with van der Waals surface area (Å²) in [6.07, 6.45) is 2.74.